The Hall–Kier alpha value is -2.25. The van der Waals surface area contributed by atoms with Crippen molar-refractivity contribution in [3.8, 4) is 0 Å². The van der Waals surface area contributed by atoms with E-state index in [0.717, 1.165) is 37.8 Å². The van der Waals surface area contributed by atoms with Crippen LogP contribution in [0.4, 0.5) is 11.6 Å². The summed E-state index contributed by atoms with van der Waals surface area (Å²) in [5, 5.41) is 10.4. The molecule has 3 aromatic rings. The van der Waals surface area contributed by atoms with Crippen molar-refractivity contribution in [1.29, 1.82) is 0 Å². The summed E-state index contributed by atoms with van der Waals surface area (Å²) in [5.41, 5.74) is 0. The highest BCUT2D eigenvalue weighted by molar-refractivity contribution is 7.13. The van der Waals surface area contributed by atoms with Gasteiger partial charge in [-0.2, -0.15) is 4.37 Å². The van der Waals surface area contributed by atoms with E-state index in [0.29, 0.717) is 5.82 Å². The van der Waals surface area contributed by atoms with Gasteiger partial charge in [0.15, 0.2) is 5.82 Å². The topological polar surface area (TPSA) is 65.4 Å². The summed E-state index contributed by atoms with van der Waals surface area (Å²) in [4.78, 5) is 13.0. The van der Waals surface area contributed by atoms with Crippen LogP contribution in [0.2, 0.25) is 0 Å². The van der Waals surface area contributed by atoms with Gasteiger partial charge in [-0.05, 0) is 29.7 Å². The van der Waals surface area contributed by atoms with Crippen LogP contribution in [-0.2, 0) is 6.61 Å². The Labute approximate surface area is 138 Å². The van der Waals surface area contributed by atoms with E-state index in [1.54, 1.807) is 17.7 Å². The van der Waals surface area contributed by atoms with Crippen LogP contribution < -0.4 is 9.80 Å². The number of piperazine rings is 1. The van der Waals surface area contributed by atoms with Crippen LogP contribution in [0.1, 0.15) is 5.82 Å². The number of anilines is 2. The Morgan fingerprint density at radius 3 is 2.65 bits per heavy atom. The van der Waals surface area contributed by atoms with Gasteiger partial charge in [0, 0.05) is 37.8 Å². The highest BCUT2D eigenvalue weighted by Gasteiger charge is 2.21. The average Bonchev–Trinajstić information content (AvgIpc) is 3.06. The van der Waals surface area contributed by atoms with Crippen molar-refractivity contribution in [1.82, 2.24) is 14.3 Å². The number of hydrogen-bond donors (Lipinski definition) is 1. The molecule has 1 aliphatic rings. The molecule has 0 atom stereocenters. The summed E-state index contributed by atoms with van der Waals surface area (Å²) in [7, 11) is 0. The van der Waals surface area contributed by atoms with Gasteiger partial charge in [0.25, 0.3) is 0 Å². The number of fused-ring (bicyclic) bond motifs is 1. The van der Waals surface area contributed by atoms with Crippen LogP contribution in [0, 0.1) is 0 Å². The molecule has 0 spiro atoms. The minimum Gasteiger partial charge on any atom is -0.388 e. The van der Waals surface area contributed by atoms with E-state index in [1.165, 1.54) is 10.1 Å². The van der Waals surface area contributed by atoms with Crippen molar-refractivity contribution in [2.24, 2.45) is 0 Å². The zero-order chi connectivity index (χ0) is 15.6. The quantitative estimate of drug-likeness (QED) is 0.793. The number of benzene rings is 1. The predicted molar refractivity (Wildman–Crippen MR) is 92.0 cm³/mol. The molecule has 4 rings (SSSR count). The van der Waals surface area contributed by atoms with E-state index >= 15 is 0 Å². The van der Waals surface area contributed by atoms with E-state index in [9.17, 15) is 0 Å². The van der Waals surface area contributed by atoms with E-state index in [4.69, 9.17) is 5.11 Å². The second-order valence-corrected chi connectivity index (χ2v) is 6.27. The Kier molecular flexibility index (Phi) is 3.80. The summed E-state index contributed by atoms with van der Waals surface area (Å²) >= 11 is 1.56. The molecule has 0 bridgehead atoms. The molecule has 0 saturated carbocycles. The molecule has 1 fully saturated rings. The van der Waals surface area contributed by atoms with Gasteiger partial charge in [0.2, 0.25) is 0 Å². The van der Waals surface area contributed by atoms with Gasteiger partial charge in [-0.1, -0.05) is 12.1 Å². The van der Waals surface area contributed by atoms with Gasteiger partial charge >= 0.3 is 0 Å². The first kappa shape index (κ1) is 14.3. The van der Waals surface area contributed by atoms with Crippen LogP contribution in [0.25, 0.3) is 10.1 Å². The molecular weight excluding hydrogens is 310 g/mol. The molecule has 2 aromatic heterocycles. The summed E-state index contributed by atoms with van der Waals surface area (Å²) in [6, 6.07) is 10.3. The van der Waals surface area contributed by atoms with Crippen molar-refractivity contribution in [2.75, 3.05) is 36.0 Å². The normalized spacial score (nSPS) is 15.3. The summed E-state index contributed by atoms with van der Waals surface area (Å²) in [5.74, 6) is 2.44. The standard InChI is InChI=1S/C16H17N5OS/c22-11-14-17-6-5-15(18-14)20-7-9-21(10-8-20)16-12-3-1-2-4-13(12)23-19-16/h1-6,22H,7-11H2. The second-order valence-electron chi connectivity index (χ2n) is 5.47. The molecule has 118 valence electrons. The molecule has 1 aromatic carbocycles. The van der Waals surface area contributed by atoms with Crippen molar-refractivity contribution >= 4 is 33.3 Å². The highest BCUT2D eigenvalue weighted by Crippen LogP contribution is 2.30. The van der Waals surface area contributed by atoms with E-state index in [2.05, 4.69) is 48.4 Å². The van der Waals surface area contributed by atoms with Crippen molar-refractivity contribution in [3.05, 3.63) is 42.4 Å². The fraction of sp³-hybridized carbons (Fsp3) is 0.312. The number of aliphatic hydroxyl groups excluding tert-OH is 1. The zero-order valence-electron chi connectivity index (χ0n) is 12.6. The third kappa shape index (κ3) is 2.73. The number of aliphatic hydroxyl groups is 1. The fourth-order valence-corrected chi connectivity index (χ4v) is 3.68. The summed E-state index contributed by atoms with van der Waals surface area (Å²) < 4.78 is 5.86. The Morgan fingerprint density at radius 1 is 1.04 bits per heavy atom. The second kappa shape index (κ2) is 6.10. The molecule has 0 aliphatic carbocycles. The molecule has 7 heteroatoms. The molecule has 1 N–H and O–H groups in total. The summed E-state index contributed by atoms with van der Waals surface area (Å²) in [6.07, 6.45) is 1.70. The molecule has 23 heavy (non-hydrogen) atoms. The monoisotopic (exact) mass is 327 g/mol. The lowest BCUT2D eigenvalue weighted by molar-refractivity contribution is 0.271. The van der Waals surface area contributed by atoms with Gasteiger partial charge in [0.05, 0.1) is 4.70 Å². The largest absolute Gasteiger partial charge is 0.388 e. The minimum absolute atomic E-state index is 0.126. The van der Waals surface area contributed by atoms with Crippen LogP contribution >= 0.6 is 11.5 Å². The van der Waals surface area contributed by atoms with Gasteiger partial charge in [-0.3, -0.25) is 0 Å². The van der Waals surface area contributed by atoms with E-state index in [-0.39, 0.29) is 6.61 Å². The Bertz CT molecular complexity index is 813. The van der Waals surface area contributed by atoms with Crippen LogP contribution in [0.5, 0.6) is 0 Å². The Balaban J connectivity index is 1.50. The lowest BCUT2D eigenvalue weighted by Gasteiger charge is -2.35. The maximum atomic E-state index is 9.17. The van der Waals surface area contributed by atoms with Crippen LogP contribution in [0.3, 0.4) is 0 Å². The molecule has 0 unspecified atom stereocenters. The van der Waals surface area contributed by atoms with Crippen LogP contribution in [0.15, 0.2) is 36.5 Å². The molecule has 6 nitrogen and oxygen atoms in total. The number of aromatic nitrogens is 3. The first-order chi connectivity index (χ1) is 11.3. The van der Waals surface area contributed by atoms with Gasteiger partial charge in [0.1, 0.15) is 18.2 Å². The lowest BCUT2D eigenvalue weighted by atomic mass is 10.2. The number of nitrogens with zero attached hydrogens (tertiary/aromatic N) is 5. The van der Waals surface area contributed by atoms with Crippen molar-refractivity contribution in [3.63, 3.8) is 0 Å². The molecular formula is C16H17N5OS. The van der Waals surface area contributed by atoms with Crippen molar-refractivity contribution in [2.45, 2.75) is 6.61 Å². The summed E-state index contributed by atoms with van der Waals surface area (Å²) in [6.45, 7) is 3.46. The molecule has 3 heterocycles. The molecule has 0 amide bonds. The Morgan fingerprint density at radius 2 is 1.83 bits per heavy atom. The maximum absolute atomic E-state index is 9.17. The van der Waals surface area contributed by atoms with E-state index < -0.39 is 0 Å². The lowest BCUT2D eigenvalue weighted by Crippen LogP contribution is -2.47. The highest BCUT2D eigenvalue weighted by atomic mass is 32.1. The molecule has 0 radical (unpaired) electrons. The third-order valence-corrected chi connectivity index (χ3v) is 4.91. The van der Waals surface area contributed by atoms with E-state index in [1.807, 2.05) is 6.07 Å². The SMILES string of the molecule is OCc1nccc(N2CCN(c3nsc4ccccc34)CC2)n1. The minimum atomic E-state index is -0.126. The third-order valence-electron chi connectivity index (χ3n) is 4.09. The van der Waals surface area contributed by atoms with Gasteiger partial charge in [-0.15, -0.1) is 0 Å². The fourth-order valence-electron chi connectivity index (χ4n) is 2.89. The smallest absolute Gasteiger partial charge is 0.156 e. The maximum Gasteiger partial charge on any atom is 0.156 e. The van der Waals surface area contributed by atoms with Gasteiger partial charge < -0.3 is 14.9 Å². The number of hydrogen-bond acceptors (Lipinski definition) is 7. The molecule has 1 saturated heterocycles. The zero-order valence-corrected chi connectivity index (χ0v) is 13.4. The number of rotatable bonds is 3. The predicted octanol–water partition coefficient (Wildman–Crippen LogP) is 1.91. The molecule has 1 aliphatic heterocycles. The van der Waals surface area contributed by atoms with Crippen molar-refractivity contribution < 1.29 is 5.11 Å². The van der Waals surface area contributed by atoms with Crippen LogP contribution in [-0.4, -0.2) is 45.6 Å². The average molecular weight is 327 g/mol. The first-order valence-corrected chi connectivity index (χ1v) is 8.39. The van der Waals surface area contributed by atoms with Gasteiger partial charge in [-0.25, -0.2) is 9.97 Å². The first-order valence-electron chi connectivity index (χ1n) is 7.62.